The summed E-state index contributed by atoms with van der Waals surface area (Å²) in [6.07, 6.45) is -5.91. The summed E-state index contributed by atoms with van der Waals surface area (Å²) in [6, 6.07) is 6.77. The fraction of sp³-hybridized carbons (Fsp3) is 0.190. The monoisotopic (exact) mass is 516 g/mol. The third kappa shape index (κ3) is 5.21. The van der Waals surface area contributed by atoms with Crippen molar-refractivity contribution in [1.82, 2.24) is 19.6 Å². The van der Waals surface area contributed by atoms with Crippen LogP contribution in [-0.2, 0) is 16.0 Å². The Balaban J connectivity index is 1.79. The molecule has 0 aliphatic rings. The number of hydrogen-bond donors (Lipinski definition) is 0. The molecule has 1 aromatic carbocycles. The molecule has 0 spiro atoms. The molecule has 7 nitrogen and oxygen atoms in total. The summed E-state index contributed by atoms with van der Waals surface area (Å²) in [5.74, 6) is -0.761. The van der Waals surface area contributed by atoms with E-state index in [9.17, 15) is 34.8 Å². The lowest BCUT2D eigenvalue weighted by atomic mass is 10.1. The lowest BCUT2D eigenvalue weighted by molar-refractivity contribution is -0.274. The van der Waals surface area contributed by atoms with Gasteiger partial charge in [0.25, 0.3) is 0 Å². The van der Waals surface area contributed by atoms with Crippen molar-refractivity contribution in [2.24, 2.45) is 0 Å². The highest BCUT2D eigenvalue weighted by atomic mass is 32.2. The predicted octanol–water partition coefficient (Wildman–Crippen LogP) is 5.17. The Labute approximate surface area is 193 Å². The molecule has 35 heavy (non-hydrogen) atoms. The van der Waals surface area contributed by atoms with E-state index in [4.69, 9.17) is 0 Å². The maximum atomic E-state index is 13.0. The fourth-order valence-corrected chi connectivity index (χ4v) is 4.28. The summed E-state index contributed by atoms with van der Waals surface area (Å²) in [5.41, 5.74) is -0.579. The van der Waals surface area contributed by atoms with E-state index in [-0.39, 0.29) is 33.1 Å². The number of sulfone groups is 1. The maximum absolute atomic E-state index is 13.0. The van der Waals surface area contributed by atoms with Crippen molar-refractivity contribution >= 4 is 15.5 Å². The summed E-state index contributed by atoms with van der Waals surface area (Å²) in [7, 11) is -3.88. The van der Waals surface area contributed by atoms with Crippen molar-refractivity contribution in [3.05, 3.63) is 60.7 Å². The molecule has 0 bridgehead atoms. The number of rotatable bonds is 5. The minimum atomic E-state index is -4.86. The lowest BCUT2D eigenvalue weighted by Crippen LogP contribution is -2.16. The zero-order valence-electron chi connectivity index (χ0n) is 17.6. The first-order chi connectivity index (χ1) is 16.3. The molecule has 14 heteroatoms. The van der Waals surface area contributed by atoms with E-state index in [1.807, 2.05) is 0 Å². The van der Waals surface area contributed by atoms with Gasteiger partial charge in [-0.3, -0.25) is 4.98 Å². The van der Waals surface area contributed by atoms with Gasteiger partial charge in [-0.25, -0.2) is 17.9 Å². The molecule has 0 atom stereocenters. The van der Waals surface area contributed by atoms with Crippen molar-refractivity contribution in [2.45, 2.75) is 24.4 Å². The quantitative estimate of drug-likeness (QED) is 0.340. The van der Waals surface area contributed by atoms with Gasteiger partial charge in [0.15, 0.2) is 21.2 Å². The molecule has 3 heterocycles. The fourth-order valence-electron chi connectivity index (χ4n) is 3.20. The Morgan fingerprint density at radius 3 is 2.17 bits per heavy atom. The highest BCUT2D eigenvalue weighted by molar-refractivity contribution is 7.91. The molecule has 0 saturated carbocycles. The summed E-state index contributed by atoms with van der Waals surface area (Å²) in [5, 5.41) is 3.44. The molecule has 4 aromatic rings. The third-order valence-electron chi connectivity index (χ3n) is 4.87. The lowest BCUT2D eigenvalue weighted by Gasteiger charge is -2.12. The van der Waals surface area contributed by atoms with Crippen LogP contribution >= 0.6 is 0 Å². The van der Waals surface area contributed by atoms with E-state index in [0.717, 1.165) is 22.7 Å². The van der Waals surface area contributed by atoms with E-state index >= 15 is 0 Å². The smallest absolute Gasteiger partial charge is 0.406 e. The minimum Gasteiger partial charge on any atom is -0.406 e. The molecule has 0 aliphatic heterocycles. The maximum Gasteiger partial charge on any atom is 0.573 e. The molecular weight excluding hydrogens is 502 g/mol. The Morgan fingerprint density at radius 1 is 0.914 bits per heavy atom. The predicted molar refractivity (Wildman–Crippen MR) is 111 cm³/mol. The van der Waals surface area contributed by atoms with Crippen LogP contribution in [0.2, 0.25) is 0 Å². The van der Waals surface area contributed by atoms with Crippen LogP contribution in [0.15, 0.2) is 59.9 Å². The average molecular weight is 516 g/mol. The van der Waals surface area contributed by atoms with Crippen molar-refractivity contribution in [2.75, 3.05) is 5.75 Å². The van der Waals surface area contributed by atoms with Crippen molar-refractivity contribution in [3.8, 4) is 28.1 Å². The molecule has 184 valence electrons. The first-order valence-corrected chi connectivity index (χ1v) is 11.4. The Bertz CT molecular complexity index is 1500. The van der Waals surface area contributed by atoms with E-state index in [1.54, 1.807) is 0 Å². The zero-order valence-corrected chi connectivity index (χ0v) is 18.4. The Morgan fingerprint density at radius 2 is 1.57 bits per heavy atom. The Hall–Kier alpha value is -3.68. The minimum absolute atomic E-state index is 0.0638. The van der Waals surface area contributed by atoms with Crippen LogP contribution in [0.25, 0.3) is 28.0 Å². The van der Waals surface area contributed by atoms with Gasteiger partial charge in [0, 0.05) is 35.8 Å². The third-order valence-corrected chi connectivity index (χ3v) is 6.61. The van der Waals surface area contributed by atoms with Crippen LogP contribution in [0.4, 0.5) is 26.3 Å². The first kappa shape index (κ1) is 24.4. The second kappa shape index (κ2) is 8.52. The number of pyridine rings is 1. The van der Waals surface area contributed by atoms with Gasteiger partial charge in [0.1, 0.15) is 5.75 Å². The number of benzene rings is 1. The van der Waals surface area contributed by atoms with Gasteiger partial charge in [0.2, 0.25) is 0 Å². The molecule has 0 amide bonds. The van der Waals surface area contributed by atoms with Crippen LogP contribution < -0.4 is 4.74 Å². The second-order valence-corrected chi connectivity index (χ2v) is 9.47. The molecule has 0 radical (unpaired) electrons. The van der Waals surface area contributed by atoms with Gasteiger partial charge in [-0.15, -0.1) is 13.2 Å². The van der Waals surface area contributed by atoms with Gasteiger partial charge < -0.3 is 4.74 Å². The summed E-state index contributed by atoms with van der Waals surface area (Å²) >= 11 is 0. The summed E-state index contributed by atoms with van der Waals surface area (Å²) in [6.45, 7) is 1.40. The molecule has 0 fully saturated rings. The number of alkyl halides is 6. The van der Waals surface area contributed by atoms with Gasteiger partial charge >= 0.3 is 12.5 Å². The van der Waals surface area contributed by atoms with Crippen LogP contribution in [0.1, 0.15) is 12.6 Å². The van der Waals surface area contributed by atoms with Gasteiger partial charge in [-0.1, -0.05) is 19.1 Å². The number of hydrogen-bond acceptors (Lipinski definition) is 6. The molecule has 0 saturated heterocycles. The number of ether oxygens (including phenoxy) is 1. The highest BCUT2D eigenvalue weighted by Crippen LogP contribution is 2.33. The van der Waals surface area contributed by atoms with Crippen molar-refractivity contribution < 1.29 is 39.5 Å². The van der Waals surface area contributed by atoms with Gasteiger partial charge in [-0.2, -0.15) is 18.3 Å². The van der Waals surface area contributed by atoms with Crippen LogP contribution in [-0.4, -0.2) is 40.1 Å². The number of halogens is 6. The van der Waals surface area contributed by atoms with E-state index < -0.39 is 33.8 Å². The van der Waals surface area contributed by atoms with Gasteiger partial charge in [0.05, 0.1) is 16.3 Å². The average Bonchev–Trinajstić information content (AvgIpc) is 3.22. The highest BCUT2D eigenvalue weighted by Gasteiger charge is 2.34. The molecular formula is C21H14F6N4O3S. The normalized spacial score (nSPS) is 12.8. The molecule has 0 aliphatic carbocycles. The van der Waals surface area contributed by atoms with Crippen LogP contribution in [0.5, 0.6) is 5.75 Å². The number of nitrogens with zero attached hydrogens (tertiary/aromatic N) is 4. The molecule has 4 rings (SSSR count). The van der Waals surface area contributed by atoms with Crippen molar-refractivity contribution in [3.63, 3.8) is 0 Å². The van der Waals surface area contributed by atoms with Crippen LogP contribution in [0, 0.1) is 0 Å². The second-order valence-electron chi connectivity index (χ2n) is 7.22. The largest absolute Gasteiger partial charge is 0.573 e. The number of fused-ring (bicyclic) bond motifs is 1. The van der Waals surface area contributed by atoms with E-state index in [2.05, 4.69) is 19.8 Å². The first-order valence-electron chi connectivity index (χ1n) is 9.79. The zero-order chi connectivity index (χ0) is 25.6. The SMILES string of the molecule is CCS(=O)(=O)c1cc(-c2ccc(OC(F)(F)F)cc2)cnc1-c1cnc2cc(C(F)(F)F)nn2c1. The standard InChI is InChI=1S/C21H14F6N4O3S/c1-2-35(32,33)16-7-13(12-3-5-15(6-4-12)34-21(25,26)27)9-29-19(16)14-10-28-18-8-17(20(22,23)24)30-31(18)11-14/h3-11H,2H2,1H3. The number of aromatic nitrogens is 4. The molecule has 0 N–H and O–H groups in total. The van der Waals surface area contributed by atoms with Crippen LogP contribution in [0.3, 0.4) is 0 Å². The topological polar surface area (TPSA) is 86.5 Å². The Kier molecular flexibility index (Phi) is 5.95. The van der Waals surface area contributed by atoms with E-state index in [1.165, 1.54) is 43.7 Å². The molecule has 3 aromatic heterocycles. The van der Waals surface area contributed by atoms with Gasteiger partial charge in [-0.05, 0) is 23.8 Å². The summed E-state index contributed by atoms with van der Waals surface area (Å²) < 4.78 is 106. The van der Waals surface area contributed by atoms with E-state index in [0.29, 0.717) is 5.56 Å². The molecule has 0 unspecified atom stereocenters. The van der Waals surface area contributed by atoms with Crippen molar-refractivity contribution in [1.29, 1.82) is 0 Å². The summed E-state index contributed by atoms with van der Waals surface area (Å²) in [4.78, 5) is 7.89.